The summed E-state index contributed by atoms with van der Waals surface area (Å²) in [5.74, 6) is 0.704. The summed E-state index contributed by atoms with van der Waals surface area (Å²) < 4.78 is 1.98. The van der Waals surface area contributed by atoms with Gasteiger partial charge in [-0.1, -0.05) is 12.1 Å². The Balaban J connectivity index is 1.60. The van der Waals surface area contributed by atoms with E-state index in [0.717, 1.165) is 34.8 Å². The van der Waals surface area contributed by atoms with Gasteiger partial charge in [0.2, 0.25) is 0 Å². The van der Waals surface area contributed by atoms with Crippen molar-refractivity contribution >= 4 is 23.4 Å². The van der Waals surface area contributed by atoms with E-state index in [1.165, 1.54) is 11.1 Å². The lowest BCUT2D eigenvalue weighted by molar-refractivity contribution is 1.10. The first-order valence-electron chi connectivity index (χ1n) is 8.43. The predicted molar refractivity (Wildman–Crippen MR) is 102 cm³/mol. The van der Waals surface area contributed by atoms with Crippen molar-refractivity contribution in [1.82, 2.24) is 19.4 Å². The fourth-order valence-electron chi connectivity index (χ4n) is 3.10. The predicted octanol–water partition coefficient (Wildman–Crippen LogP) is 3.78. The maximum absolute atomic E-state index is 4.82. The summed E-state index contributed by atoms with van der Waals surface area (Å²) in [5.41, 5.74) is 6.99. The number of aliphatic imine (C=N–C) groups is 1. The number of benzene rings is 1. The molecule has 4 heterocycles. The first-order valence-corrected chi connectivity index (χ1v) is 8.43. The average molecular weight is 340 g/mol. The second-order valence-electron chi connectivity index (χ2n) is 6.33. The van der Waals surface area contributed by atoms with Gasteiger partial charge in [-0.3, -0.25) is 9.98 Å². The zero-order chi connectivity index (χ0) is 17.5. The van der Waals surface area contributed by atoms with Crippen LogP contribution in [0.25, 0.3) is 16.9 Å². The highest BCUT2D eigenvalue weighted by Gasteiger charge is 2.12. The van der Waals surface area contributed by atoms with Crippen LogP contribution in [0.2, 0.25) is 0 Å². The summed E-state index contributed by atoms with van der Waals surface area (Å²) in [6, 6.07) is 10.3. The van der Waals surface area contributed by atoms with Gasteiger partial charge in [0.25, 0.3) is 0 Å². The Kier molecular flexibility index (Phi) is 3.28. The van der Waals surface area contributed by atoms with E-state index in [0.29, 0.717) is 5.82 Å². The van der Waals surface area contributed by atoms with E-state index in [1.807, 2.05) is 42.1 Å². The van der Waals surface area contributed by atoms with Crippen molar-refractivity contribution in [2.24, 2.45) is 4.99 Å². The van der Waals surface area contributed by atoms with Gasteiger partial charge in [-0.15, -0.1) is 0 Å². The van der Waals surface area contributed by atoms with Crippen LogP contribution in [0.15, 0.2) is 60.1 Å². The highest BCUT2D eigenvalue weighted by atomic mass is 15.1. The number of fused-ring (bicyclic) bond motifs is 2. The molecular formula is C20H16N6. The summed E-state index contributed by atoms with van der Waals surface area (Å²) >= 11 is 0. The van der Waals surface area contributed by atoms with Crippen LogP contribution in [-0.2, 0) is 6.54 Å². The summed E-state index contributed by atoms with van der Waals surface area (Å²) in [5, 5.41) is 3.34. The van der Waals surface area contributed by atoms with Gasteiger partial charge in [-0.2, -0.15) is 0 Å². The van der Waals surface area contributed by atoms with Gasteiger partial charge in [0.1, 0.15) is 0 Å². The van der Waals surface area contributed by atoms with Crippen LogP contribution in [0.4, 0.5) is 11.5 Å². The molecule has 0 saturated heterocycles. The molecule has 3 aromatic heterocycles. The van der Waals surface area contributed by atoms with Gasteiger partial charge in [0, 0.05) is 36.1 Å². The number of rotatable bonds is 3. The Morgan fingerprint density at radius 3 is 2.96 bits per heavy atom. The number of pyridine rings is 1. The molecule has 26 heavy (non-hydrogen) atoms. The number of aromatic nitrogens is 4. The molecule has 0 unspecified atom stereocenters. The number of nitrogens with zero attached hydrogens (tertiary/aromatic N) is 5. The highest BCUT2D eigenvalue weighted by molar-refractivity contribution is 5.86. The van der Waals surface area contributed by atoms with Gasteiger partial charge in [0.05, 0.1) is 24.1 Å². The van der Waals surface area contributed by atoms with Crippen LogP contribution in [0.5, 0.6) is 0 Å². The Morgan fingerprint density at radius 1 is 1.12 bits per heavy atom. The molecule has 0 atom stereocenters. The van der Waals surface area contributed by atoms with Gasteiger partial charge in [-0.25, -0.2) is 9.97 Å². The van der Waals surface area contributed by atoms with Crippen LogP contribution in [0.3, 0.4) is 0 Å². The molecule has 0 amide bonds. The van der Waals surface area contributed by atoms with E-state index in [2.05, 4.69) is 38.5 Å². The average Bonchev–Trinajstić information content (AvgIpc) is 3.31. The van der Waals surface area contributed by atoms with Gasteiger partial charge in [-0.05, 0) is 36.2 Å². The molecule has 0 radical (unpaired) electrons. The smallest absolute Gasteiger partial charge is 0.180 e. The van der Waals surface area contributed by atoms with Crippen LogP contribution in [0, 0.1) is 6.92 Å². The van der Waals surface area contributed by atoms with Crippen LogP contribution in [-0.4, -0.2) is 25.6 Å². The Bertz CT molecular complexity index is 1140. The summed E-state index contributed by atoms with van der Waals surface area (Å²) in [6.07, 6.45) is 9.42. The molecule has 0 aliphatic carbocycles. The Morgan fingerprint density at radius 2 is 2.08 bits per heavy atom. The SMILES string of the molecule is Cc1ccc(Nc2nc(-c3ccc4c(c3)CN=C4)cn3ccnc23)cn1. The topological polar surface area (TPSA) is 67.5 Å². The normalized spacial score (nSPS) is 12.5. The minimum atomic E-state index is 0.704. The van der Waals surface area contributed by atoms with Crippen molar-refractivity contribution < 1.29 is 0 Å². The Hall–Kier alpha value is -3.54. The van der Waals surface area contributed by atoms with Crippen LogP contribution >= 0.6 is 0 Å². The molecule has 126 valence electrons. The zero-order valence-electron chi connectivity index (χ0n) is 14.2. The fourth-order valence-corrected chi connectivity index (χ4v) is 3.10. The molecule has 1 aliphatic heterocycles. The van der Waals surface area contributed by atoms with E-state index in [9.17, 15) is 0 Å². The quantitative estimate of drug-likeness (QED) is 0.616. The molecule has 5 rings (SSSR count). The lowest BCUT2D eigenvalue weighted by atomic mass is 10.0. The van der Waals surface area contributed by atoms with Crippen molar-refractivity contribution in [2.75, 3.05) is 5.32 Å². The van der Waals surface area contributed by atoms with Gasteiger partial charge < -0.3 is 9.72 Å². The largest absolute Gasteiger partial charge is 0.336 e. The molecule has 0 spiro atoms. The number of aryl methyl sites for hydroxylation is 1. The Labute approximate surface area is 150 Å². The monoisotopic (exact) mass is 340 g/mol. The molecule has 1 aliphatic rings. The van der Waals surface area contributed by atoms with E-state index in [4.69, 9.17) is 4.98 Å². The molecule has 0 saturated carbocycles. The van der Waals surface area contributed by atoms with Gasteiger partial charge >= 0.3 is 0 Å². The summed E-state index contributed by atoms with van der Waals surface area (Å²) in [4.78, 5) is 17.9. The van der Waals surface area contributed by atoms with E-state index >= 15 is 0 Å². The molecule has 0 bridgehead atoms. The first-order chi connectivity index (χ1) is 12.8. The van der Waals surface area contributed by atoms with E-state index < -0.39 is 0 Å². The molecule has 1 aromatic carbocycles. The number of anilines is 2. The third-order valence-corrected chi connectivity index (χ3v) is 4.48. The molecular weight excluding hydrogens is 324 g/mol. The molecule has 6 heteroatoms. The van der Waals surface area contributed by atoms with Crippen molar-refractivity contribution in [3.05, 3.63) is 71.9 Å². The third-order valence-electron chi connectivity index (χ3n) is 4.48. The molecule has 6 nitrogen and oxygen atoms in total. The van der Waals surface area contributed by atoms with E-state index in [1.54, 1.807) is 12.4 Å². The molecule has 0 fully saturated rings. The lowest BCUT2D eigenvalue weighted by Crippen LogP contribution is -2.01. The van der Waals surface area contributed by atoms with Crippen molar-refractivity contribution in [3.63, 3.8) is 0 Å². The number of hydrogen-bond donors (Lipinski definition) is 1. The molecule has 1 N–H and O–H groups in total. The second kappa shape index (κ2) is 5.77. The van der Waals surface area contributed by atoms with Crippen LogP contribution in [0.1, 0.15) is 16.8 Å². The van der Waals surface area contributed by atoms with Crippen molar-refractivity contribution in [1.29, 1.82) is 0 Å². The third kappa shape index (κ3) is 2.52. The van der Waals surface area contributed by atoms with Crippen molar-refractivity contribution in [3.8, 4) is 11.3 Å². The zero-order valence-corrected chi connectivity index (χ0v) is 14.2. The minimum absolute atomic E-state index is 0.704. The standard InChI is InChI=1S/C20H16N6/c1-13-2-5-17(11-23-13)24-19-20-22-6-7-26(20)12-18(25-19)14-3-4-15-9-21-10-16(15)8-14/h2-9,11-12H,10H2,1H3,(H,24,25). The van der Waals surface area contributed by atoms with Gasteiger partial charge in [0.15, 0.2) is 11.5 Å². The van der Waals surface area contributed by atoms with Crippen molar-refractivity contribution in [2.45, 2.75) is 13.5 Å². The first kappa shape index (κ1) is 14.8. The minimum Gasteiger partial charge on any atom is -0.336 e. The summed E-state index contributed by atoms with van der Waals surface area (Å²) in [7, 11) is 0. The number of hydrogen-bond acceptors (Lipinski definition) is 5. The van der Waals surface area contributed by atoms with E-state index in [-0.39, 0.29) is 0 Å². The number of imidazole rings is 1. The highest BCUT2D eigenvalue weighted by Crippen LogP contribution is 2.27. The maximum atomic E-state index is 4.82. The lowest BCUT2D eigenvalue weighted by Gasteiger charge is -2.10. The summed E-state index contributed by atoms with van der Waals surface area (Å²) in [6.45, 7) is 2.70. The fraction of sp³-hybridized carbons (Fsp3) is 0.100. The number of nitrogens with one attached hydrogen (secondary N) is 1. The maximum Gasteiger partial charge on any atom is 0.180 e. The second-order valence-corrected chi connectivity index (χ2v) is 6.33. The molecule has 4 aromatic rings. The van der Waals surface area contributed by atoms with Crippen LogP contribution < -0.4 is 5.32 Å².